The second kappa shape index (κ2) is 8.83. The molecule has 158 valence electrons. The van der Waals surface area contributed by atoms with Crippen LogP contribution in [0.2, 0.25) is 5.02 Å². The van der Waals surface area contributed by atoms with E-state index < -0.39 is 5.82 Å². The van der Waals surface area contributed by atoms with Crippen LogP contribution in [-0.2, 0) is 4.79 Å². The highest BCUT2D eigenvalue weighted by Crippen LogP contribution is 2.23. The normalized spacial score (nSPS) is 19.3. The first-order valence-corrected chi connectivity index (χ1v) is 10.1. The van der Waals surface area contributed by atoms with Gasteiger partial charge in [0.15, 0.2) is 5.82 Å². The highest BCUT2D eigenvalue weighted by atomic mass is 35.5. The van der Waals surface area contributed by atoms with Gasteiger partial charge in [-0.1, -0.05) is 11.6 Å². The number of ether oxygens (including phenoxy) is 1. The molecule has 1 aromatic carbocycles. The van der Waals surface area contributed by atoms with Crippen LogP contribution < -0.4 is 9.64 Å². The molecule has 3 heterocycles. The van der Waals surface area contributed by atoms with Crippen molar-refractivity contribution in [1.82, 2.24) is 19.8 Å². The van der Waals surface area contributed by atoms with Gasteiger partial charge in [0.25, 0.3) is 0 Å². The van der Waals surface area contributed by atoms with Gasteiger partial charge in [0.05, 0.1) is 18.9 Å². The minimum Gasteiger partial charge on any atom is -0.458 e. The Bertz CT molecular complexity index is 912. The highest BCUT2D eigenvalue weighted by Gasteiger charge is 2.33. The van der Waals surface area contributed by atoms with Crippen molar-refractivity contribution < 1.29 is 18.7 Å². The molecular weight excluding hydrogens is 413 g/mol. The fourth-order valence-corrected chi connectivity index (χ4v) is 3.75. The number of carbonyl (C=O) groups excluding carboxylic acids is 2. The van der Waals surface area contributed by atoms with E-state index in [1.807, 2.05) is 0 Å². The van der Waals surface area contributed by atoms with Crippen LogP contribution in [0.1, 0.15) is 12.8 Å². The zero-order valence-corrected chi connectivity index (χ0v) is 17.0. The average Bonchev–Trinajstić information content (AvgIpc) is 3.11. The quantitative estimate of drug-likeness (QED) is 0.724. The molecular formula is C20H21ClFN5O3. The minimum atomic E-state index is -0.536. The smallest absolute Gasteiger partial charge is 0.325 e. The third kappa shape index (κ3) is 4.62. The Morgan fingerprint density at radius 3 is 2.63 bits per heavy atom. The van der Waals surface area contributed by atoms with E-state index in [1.54, 1.807) is 39.0 Å². The van der Waals surface area contributed by atoms with Gasteiger partial charge in [-0.05, 0) is 37.1 Å². The summed E-state index contributed by atoms with van der Waals surface area (Å²) >= 11 is 5.91. The second-order valence-electron chi connectivity index (χ2n) is 7.24. The maximum Gasteiger partial charge on any atom is 0.325 e. The molecule has 8 nitrogen and oxygen atoms in total. The molecule has 0 aliphatic carbocycles. The number of likely N-dealkylation sites (tertiary alicyclic amines) is 1. The number of carbonyl (C=O) groups is 2. The van der Waals surface area contributed by atoms with E-state index in [0.29, 0.717) is 31.2 Å². The standard InChI is InChI=1S/C20H21ClFN5O3/c21-14-3-5-16(6-4-14)27-9-8-26(20(27)29)13-18(28)25-7-1-2-17(12-25)30-19-23-10-15(22)11-24-19/h3-6,10-11,17H,1-2,7-9,12-13H2. The first kappa shape index (κ1) is 20.3. The second-order valence-corrected chi connectivity index (χ2v) is 7.67. The molecule has 2 aliphatic rings. The van der Waals surface area contributed by atoms with Crippen LogP contribution in [-0.4, -0.2) is 70.5 Å². The maximum atomic E-state index is 12.9. The third-order valence-corrected chi connectivity index (χ3v) is 5.41. The van der Waals surface area contributed by atoms with Crippen molar-refractivity contribution in [3.63, 3.8) is 0 Å². The zero-order valence-electron chi connectivity index (χ0n) is 16.2. The number of aromatic nitrogens is 2. The van der Waals surface area contributed by atoms with Gasteiger partial charge in [0, 0.05) is 30.3 Å². The molecule has 0 saturated carbocycles. The van der Waals surface area contributed by atoms with E-state index in [2.05, 4.69) is 9.97 Å². The molecule has 3 amide bonds. The molecule has 2 aromatic rings. The van der Waals surface area contributed by atoms with Crippen LogP contribution in [0.3, 0.4) is 0 Å². The number of amides is 3. The zero-order chi connectivity index (χ0) is 21.1. The van der Waals surface area contributed by atoms with Crippen molar-refractivity contribution in [2.45, 2.75) is 18.9 Å². The van der Waals surface area contributed by atoms with E-state index in [1.165, 1.54) is 0 Å². The van der Waals surface area contributed by atoms with E-state index in [0.717, 1.165) is 30.9 Å². The summed E-state index contributed by atoms with van der Waals surface area (Å²) < 4.78 is 18.6. The summed E-state index contributed by atoms with van der Waals surface area (Å²) in [5.74, 6) is -0.666. The number of urea groups is 1. The lowest BCUT2D eigenvalue weighted by molar-refractivity contribution is -0.134. The number of anilines is 1. The van der Waals surface area contributed by atoms with Crippen molar-refractivity contribution >= 4 is 29.2 Å². The number of nitrogens with zero attached hydrogens (tertiary/aromatic N) is 5. The fraction of sp³-hybridized carbons (Fsp3) is 0.400. The van der Waals surface area contributed by atoms with Crippen molar-refractivity contribution in [3.8, 4) is 6.01 Å². The van der Waals surface area contributed by atoms with Crippen LogP contribution in [0.5, 0.6) is 6.01 Å². The lowest BCUT2D eigenvalue weighted by Gasteiger charge is -2.33. The molecule has 0 radical (unpaired) electrons. The van der Waals surface area contributed by atoms with Gasteiger partial charge in [-0.3, -0.25) is 9.69 Å². The molecule has 0 N–H and O–H groups in total. The lowest BCUT2D eigenvalue weighted by atomic mass is 10.1. The van der Waals surface area contributed by atoms with Gasteiger partial charge in [-0.15, -0.1) is 0 Å². The molecule has 1 aromatic heterocycles. The Morgan fingerprint density at radius 2 is 1.90 bits per heavy atom. The van der Waals surface area contributed by atoms with E-state index >= 15 is 0 Å². The Hall–Kier alpha value is -2.94. The van der Waals surface area contributed by atoms with E-state index in [-0.39, 0.29) is 30.6 Å². The van der Waals surface area contributed by atoms with Crippen LogP contribution in [0.25, 0.3) is 0 Å². The van der Waals surface area contributed by atoms with Crippen molar-refractivity contribution in [2.75, 3.05) is 37.6 Å². The molecule has 0 bridgehead atoms. The predicted octanol–water partition coefficient (Wildman–Crippen LogP) is 2.58. The minimum absolute atomic E-state index is 0.0166. The SMILES string of the molecule is O=C(CN1CCN(c2ccc(Cl)cc2)C1=O)N1CCCC(Oc2ncc(F)cn2)C1. The number of piperidine rings is 1. The van der Waals surface area contributed by atoms with Gasteiger partial charge in [0.1, 0.15) is 12.6 Å². The Kier molecular flexibility index (Phi) is 5.98. The monoisotopic (exact) mass is 433 g/mol. The van der Waals surface area contributed by atoms with Crippen LogP contribution >= 0.6 is 11.6 Å². The van der Waals surface area contributed by atoms with Crippen molar-refractivity contribution in [3.05, 3.63) is 47.5 Å². The predicted molar refractivity (Wildman–Crippen MR) is 108 cm³/mol. The van der Waals surface area contributed by atoms with Crippen LogP contribution in [0.4, 0.5) is 14.9 Å². The van der Waals surface area contributed by atoms with Crippen molar-refractivity contribution in [2.24, 2.45) is 0 Å². The average molecular weight is 434 g/mol. The first-order chi connectivity index (χ1) is 14.5. The number of rotatable bonds is 5. The molecule has 2 aliphatic heterocycles. The van der Waals surface area contributed by atoms with Gasteiger partial charge in [0.2, 0.25) is 5.91 Å². The number of halogens is 2. The van der Waals surface area contributed by atoms with Crippen LogP contribution in [0.15, 0.2) is 36.7 Å². The lowest BCUT2D eigenvalue weighted by Crippen LogP contribution is -2.48. The maximum absolute atomic E-state index is 12.9. The third-order valence-electron chi connectivity index (χ3n) is 5.16. The van der Waals surface area contributed by atoms with Gasteiger partial charge in [-0.2, -0.15) is 0 Å². The summed E-state index contributed by atoms with van der Waals surface area (Å²) in [7, 11) is 0. The van der Waals surface area contributed by atoms with Gasteiger partial charge >= 0.3 is 12.0 Å². The Morgan fingerprint density at radius 1 is 1.17 bits per heavy atom. The summed E-state index contributed by atoms with van der Waals surface area (Å²) in [6.07, 6.45) is 3.33. The summed E-state index contributed by atoms with van der Waals surface area (Å²) in [6, 6.07) is 6.93. The highest BCUT2D eigenvalue weighted by molar-refractivity contribution is 6.30. The molecule has 10 heteroatoms. The number of hydrogen-bond acceptors (Lipinski definition) is 5. The summed E-state index contributed by atoms with van der Waals surface area (Å²) in [5, 5.41) is 0.602. The Balaban J connectivity index is 1.32. The largest absolute Gasteiger partial charge is 0.458 e. The summed E-state index contributed by atoms with van der Waals surface area (Å²) in [4.78, 5) is 38.0. The first-order valence-electron chi connectivity index (χ1n) is 9.73. The molecule has 2 saturated heterocycles. The molecule has 1 unspecified atom stereocenters. The van der Waals surface area contributed by atoms with E-state index in [4.69, 9.17) is 16.3 Å². The number of hydrogen-bond donors (Lipinski definition) is 0. The molecule has 0 spiro atoms. The topological polar surface area (TPSA) is 78.9 Å². The fourth-order valence-electron chi connectivity index (χ4n) is 3.62. The Labute approximate surface area is 178 Å². The van der Waals surface area contributed by atoms with E-state index in [9.17, 15) is 14.0 Å². The van der Waals surface area contributed by atoms with Crippen molar-refractivity contribution in [1.29, 1.82) is 0 Å². The van der Waals surface area contributed by atoms with Gasteiger partial charge in [-0.25, -0.2) is 19.2 Å². The number of benzene rings is 1. The summed E-state index contributed by atoms with van der Waals surface area (Å²) in [6.45, 7) is 1.99. The molecule has 4 rings (SSSR count). The molecule has 2 fully saturated rings. The summed E-state index contributed by atoms with van der Waals surface area (Å²) in [5.41, 5.74) is 0.755. The van der Waals surface area contributed by atoms with Gasteiger partial charge < -0.3 is 14.5 Å². The molecule has 1 atom stereocenters. The van der Waals surface area contributed by atoms with Crippen LogP contribution in [0, 0.1) is 5.82 Å². The molecule has 30 heavy (non-hydrogen) atoms.